The highest BCUT2D eigenvalue weighted by molar-refractivity contribution is 7.89. The van der Waals surface area contributed by atoms with Crippen LogP contribution in [-0.2, 0) is 21.3 Å². The summed E-state index contributed by atoms with van der Waals surface area (Å²) in [6, 6.07) is -0.107. The molecular formula is C11H20N4O3S. The van der Waals surface area contributed by atoms with E-state index >= 15 is 0 Å². The molecule has 0 aliphatic carbocycles. The molecule has 2 heterocycles. The van der Waals surface area contributed by atoms with Crippen molar-refractivity contribution in [1.29, 1.82) is 0 Å². The molecule has 0 saturated carbocycles. The zero-order valence-electron chi connectivity index (χ0n) is 11.2. The molecule has 0 aromatic carbocycles. The van der Waals surface area contributed by atoms with Crippen molar-refractivity contribution in [2.24, 2.45) is 0 Å². The second-order valence-electron chi connectivity index (χ2n) is 4.51. The summed E-state index contributed by atoms with van der Waals surface area (Å²) in [5, 5.41) is 9.59. The van der Waals surface area contributed by atoms with Crippen LogP contribution in [0.25, 0.3) is 0 Å². The van der Waals surface area contributed by atoms with Gasteiger partial charge in [0.2, 0.25) is 0 Å². The number of hydrogen-bond donors (Lipinski definition) is 2. The van der Waals surface area contributed by atoms with Gasteiger partial charge in [0.15, 0.2) is 5.03 Å². The van der Waals surface area contributed by atoms with Crippen molar-refractivity contribution in [2.75, 3.05) is 26.8 Å². The summed E-state index contributed by atoms with van der Waals surface area (Å²) < 4.78 is 32.2. The maximum atomic E-state index is 12.7. The van der Waals surface area contributed by atoms with E-state index in [4.69, 9.17) is 4.74 Å². The molecule has 2 rings (SSSR count). The van der Waals surface area contributed by atoms with Gasteiger partial charge in [-0.1, -0.05) is 6.92 Å². The van der Waals surface area contributed by atoms with Gasteiger partial charge < -0.3 is 10.1 Å². The van der Waals surface area contributed by atoms with Gasteiger partial charge in [0.1, 0.15) is 0 Å². The molecule has 1 aromatic heterocycles. The highest BCUT2D eigenvalue weighted by atomic mass is 32.2. The Bertz CT molecular complexity index is 514. The lowest BCUT2D eigenvalue weighted by Gasteiger charge is -2.33. The van der Waals surface area contributed by atoms with Crippen LogP contribution in [0.15, 0.2) is 11.2 Å². The Balaban J connectivity index is 2.32. The predicted octanol–water partition coefficient (Wildman–Crippen LogP) is -0.0714. The second kappa shape index (κ2) is 6.00. The van der Waals surface area contributed by atoms with Crippen molar-refractivity contribution in [3.63, 3.8) is 0 Å². The summed E-state index contributed by atoms with van der Waals surface area (Å²) in [5.41, 5.74) is 0.656. The predicted molar refractivity (Wildman–Crippen MR) is 70.1 cm³/mol. The summed E-state index contributed by atoms with van der Waals surface area (Å²) in [5.74, 6) is 0. The van der Waals surface area contributed by atoms with Gasteiger partial charge in [-0.3, -0.25) is 5.10 Å². The first-order chi connectivity index (χ1) is 9.11. The van der Waals surface area contributed by atoms with Crippen molar-refractivity contribution in [2.45, 2.75) is 31.0 Å². The average Bonchev–Trinajstić information content (AvgIpc) is 2.88. The molecule has 0 amide bonds. The van der Waals surface area contributed by atoms with Crippen LogP contribution in [0, 0.1) is 0 Å². The number of aromatic nitrogens is 2. The van der Waals surface area contributed by atoms with Crippen molar-refractivity contribution in [1.82, 2.24) is 19.8 Å². The molecular weight excluding hydrogens is 268 g/mol. The van der Waals surface area contributed by atoms with Gasteiger partial charge in [-0.15, -0.1) is 0 Å². The molecule has 0 radical (unpaired) electrons. The molecule has 1 saturated heterocycles. The number of rotatable bonds is 5. The number of nitrogens with zero attached hydrogens (tertiary/aromatic N) is 2. The first kappa shape index (κ1) is 14.4. The van der Waals surface area contributed by atoms with E-state index in [1.165, 1.54) is 4.31 Å². The van der Waals surface area contributed by atoms with E-state index in [1.807, 2.05) is 6.92 Å². The van der Waals surface area contributed by atoms with E-state index in [2.05, 4.69) is 15.5 Å². The van der Waals surface area contributed by atoms with Gasteiger partial charge in [-0.05, 0) is 13.5 Å². The zero-order chi connectivity index (χ0) is 13.9. The average molecular weight is 288 g/mol. The Morgan fingerprint density at radius 2 is 2.42 bits per heavy atom. The lowest BCUT2D eigenvalue weighted by Crippen LogP contribution is -2.48. The van der Waals surface area contributed by atoms with Crippen LogP contribution in [0.5, 0.6) is 0 Å². The highest BCUT2D eigenvalue weighted by Crippen LogP contribution is 2.23. The molecule has 8 heteroatoms. The number of H-pyrrole nitrogens is 1. The number of ether oxygens (including phenoxy) is 1. The third-order valence-electron chi connectivity index (χ3n) is 3.26. The van der Waals surface area contributed by atoms with E-state index in [1.54, 1.807) is 13.2 Å². The molecule has 1 unspecified atom stereocenters. The van der Waals surface area contributed by atoms with Crippen molar-refractivity contribution in [3.8, 4) is 0 Å². The number of hydrogen-bond acceptors (Lipinski definition) is 5. The van der Waals surface area contributed by atoms with E-state index in [0.717, 1.165) is 6.42 Å². The van der Waals surface area contributed by atoms with Crippen LogP contribution in [-0.4, -0.2) is 55.8 Å². The molecule has 108 valence electrons. The highest BCUT2D eigenvalue weighted by Gasteiger charge is 2.35. The monoisotopic (exact) mass is 288 g/mol. The van der Waals surface area contributed by atoms with Gasteiger partial charge in [0.05, 0.1) is 19.4 Å². The standard InChI is InChI=1S/C11H20N4O3S/c1-3-10-8-18-5-4-15(10)19(16,17)11-9(6-12-2)7-13-14-11/h7,10,12H,3-6,8H2,1-2H3,(H,13,14). The Morgan fingerprint density at radius 1 is 1.63 bits per heavy atom. The molecule has 2 N–H and O–H groups in total. The topological polar surface area (TPSA) is 87.3 Å². The third kappa shape index (κ3) is 2.81. The fourth-order valence-corrected chi connectivity index (χ4v) is 4.01. The first-order valence-corrected chi connectivity index (χ1v) is 7.81. The maximum absolute atomic E-state index is 12.7. The molecule has 1 atom stereocenters. The van der Waals surface area contributed by atoms with Crippen LogP contribution in [0.4, 0.5) is 0 Å². The summed E-state index contributed by atoms with van der Waals surface area (Å²) in [6.45, 7) is 3.70. The molecule has 1 fully saturated rings. The van der Waals surface area contributed by atoms with Crippen molar-refractivity contribution in [3.05, 3.63) is 11.8 Å². The van der Waals surface area contributed by atoms with Crippen LogP contribution in [0.1, 0.15) is 18.9 Å². The van der Waals surface area contributed by atoms with E-state index in [-0.39, 0.29) is 11.1 Å². The largest absolute Gasteiger partial charge is 0.378 e. The van der Waals surface area contributed by atoms with Crippen LogP contribution in [0.3, 0.4) is 0 Å². The van der Waals surface area contributed by atoms with Gasteiger partial charge in [0.25, 0.3) is 10.0 Å². The molecule has 19 heavy (non-hydrogen) atoms. The Labute approximate surface area is 113 Å². The molecule has 0 spiro atoms. The van der Waals surface area contributed by atoms with Crippen LogP contribution in [0.2, 0.25) is 0 Å². The smallest absolute Gasteiger partial charge is 0.260 e. The minimum atomic E-state index is -3.54. The van der Waals surface area contributed by atoms with E-state index in [0.29, 0.717) is 31.9 Å². The first-order valence-electron chi connectivity index (χ1n) is 6.37. The molecule has 1 aromatic rings. The number of morpholine rings is 1. The number of nitrogens with one attached hydrogen (secondary N) is 2. The molecule has 7 nitrogen and oxygen atoms in total. The van der Waals surface area contributed by atoms with Crippen molar-refractivity contribution < 1.29 is 13.2 Å². The lowest BCUT2D eigenvalue weighted by atomic mass is 10.2. The summed E-state index contributed by atoms with van der Waals surface area (Å²) in [4.78, 5) is 0. The van der Waals surface area contributed by atoms with Gasteiger partial charge in [-0.2, -0.15) is 9.40 Å². The normalized spacial score (nSPS) is 21.7. The van der Waals surface area contributed by atoms with Gasteiger partial charge in [0, 0.05) is 24.7 Å². The summed E-state index contributed by atoms with van der Waals surface area (Å²) in [6.07, 6.45) is 2.28. The van der Waals surface area contributed by atoms with E-state index in [9.17, 15) is 8.42 Å². The van der Waals surface area contributed by atoms with Gasteiger partial charge >= 0.3 is 0 Å². The second-order valence-corrected chi connectivity index (χ2v) is 6.33. The Hall–Kier alpha value is -0.960. The minimum Gasteiger partial charge on any atom is -0.378 e. The fraction of sp³-hybridized carbons (Fsp3) is 0.727. The zero-order valence-corrected chi connectivity index (χ0v) is 12.0. The van der Waals surface area contributed by atoms with Crippen LogP contribution >= 0.6 is 0 Å². The van der Waals surface area contributed by atoms with E-state index < -0.39 is 10.0 Å². The lowest BCUT2D eigenvalue weighted by molar-refractivity contribution is 0.0313. The molecule has 1 aliphatic heterocycles. The quantitative estimate of drug-likeness (QED) is 0.792. The van der Waals surface area contributed by atoms with Gasteiger partial charge in [-0.25, -0.2) is 8.42 Å². The number of sulfonamides is 1. The molecule has 1 aliphatic rings. The van der Waals surface area contributed by atoms with Crippen molar-refractivity contribution >= 4 is 10.0 Å². The summed E-state index contributed by atoms with van der Waals surface area (Å²) in [7, 11) is -1.77. The van der Waals surface area contributed by atoms with Crippen LogP contribution < -0.4 is 5.32 Å². The fourth-order valence-electron chi connectivity index (χ4n) is 2.23. The Morgan fingerprint density at radius 3 is 3.11 bits per heavy atom. The minimum absolute atomic E-state index is 0.107. The molecule has 0 bridgehead atoms. The summed E-state index contributed by atoms with van der Waals surface area (Å²) >= 11 is 0. The number of aromatic amines is 1. The maximum Gasteiger partial charge on any atom is 0.260 e. The third-order valence-corrected chi connectivity index (χ3v) is 5.22. The Kier molecular flexibility index (Phi) is 4.56. The SMILES string of the molecule is CCC1COCCN1S(=O)(=O)c1[nH]ncc1CNC.